The van der Waals surface area contributed by atoms with Crippen molar-refractivity contribution in [3.63, 3.8) is 0 Å². The molecule has 1 aliphatic heterocycles. The van der Waals surface area contributed by atoms with Crippen molar-refractivity contribution in [2.75, 3.05) is 19.8 Å². The maximum Gasteiger partial charge on any atom is 0.435 e. The standard InChI is InChI=1S/C26H24F3N5O7/c1-14-9-16(3-4-17(14)24(36)38-7-8-39-25(37)20-10-15(35)13-40-20)41-23-22-31-11-19(34(22)6-5-30-23)18-12-33(2)32-21(18)26(27,28)29/h3-6,9,11-12,15,20,35H,7-8,10,13H2,1-2H3/t15-,20+/m1/s1. The average molecular weight is 576 g/mol. The van der Waals surface area contributed by atoms with E-state index in [1.807, 2.05) is 0 Å². The third-order valence-electron chi connectivity index (χ3n) is 6.20. The maximum atomic E-state index is 13.5. The number of carbonyl (C=O) groups excluding carboxylic acids is 2. The topological polar surface area (TPSA) is 139 Å². The smallest absolute Gasteiger partial charge is 0.435 e. The van der Waals surface area contributed by atoms with Crippen LogP contribution in [0.5, 0.6) is 11.6 Å². The van der Waals surface area contributed by atoms with E-state index in [2.05, 4.69) is 15.1 Å². The summed E-state index contributed by atoms with van der Waals surface area (Å²) in [6, 6.07) is 4.55. The highest BCUT2D eigenvalue weighted by molar-refractivity contribution is 5.91. The quantitative estimate of drug-likeness (QED) is 0.246. The number of carbonyl (C=O) groups is 2. The van der Waals surface area contributed by atoms with E-state index < -0.39 is 36.0 Å². The summed E-state index contributed by atoms with van der Waals surface area (Å²) in [5, 5.41) is 13.0. The number of nitrogens with zero attached hydrogens (tertiary/aromatic N) is 5. The molecule has 1 aromatic carbocycles. The van der Waals surface area contributed by atoms with Crippen LogP contribution in [0.25, 0.3) is 16.9 Å². The van der Waals surface area contributed by atoms with Crippen molar-refractivity contribution in [2.24, 2.45) is 7.05 Å². The van der Waals surface area contributed by atoms with E-state index in [4.69, 9.17) is 18.9 Å². The lowest BCUT2D eigenvalue weighted by Crippen LogP contribution is -2.24. The number of fused-ring (bicyclic) bond motifs is 1. The van der Waals surface area contributed by atoms with Gasteiger partial charge >= 0.3 is 18.1 Å². The molecular formula is C26H24F3N5O7. The average Bonchev–Trinajstić information content (AvgIpc) is 3.64. The minimum atomic E-state index is -4.66. The molecule has 12 nitrogen and oxygen atoms in total. The van der Waals surface area contributed by atoms with Gasteiger partial charge in [0.25, 0.3) is 5.88 Å². The molecule has 1 fully saturated rings. The van der Waals surface area contributed by atoms with E-state index in [-0.39, 0.29) is 54.6 Å². The molecular weight excluding hydrogens is 551 g/mol. The van der Waals surface area contributed by atoms with Crippen LogP contribution in [0.15, 0.2) is 43.0 Å². The fraction of sp³-hybridized carbons (Fsp3) is 0.346. The molecule has 1 N–H and O–H groups in total. The number of aliphatic hydroxyl groups excluding tert-OH is 1. The summed E-state index contributed by atoms with van der Waals surface area (Å²) in [5.41, 5.74) is -0.104. The van der Waals surface area contributed by atoms with Gasteiger partial charge in [0, 0.05) is 32.1 Å². The fourth-order valence-corrected chi connectivity index (χ4v) is 4.31. The second kappa shape index (κ2) is 11.2. The molecule has 15 heteroatoms. The lowest BCUT2D eigenvalue weighted by atomic mass is 10.1. The summed E-state index contributed by atoms with van der Waals surface area (Å²) in [4.78, 5) is 32.8. The molecule has 5 rings (SSSR count). The number of hydrogen-bond donors (Lipinski definition) is 1. The van der Waals surface area contributed by atoms with Crippen LogP contribution in [0.4, 0.5) is 13.2 Å². The van der Waals surface area contributed by atoms with E-state index in [1.165, 1.54) is 48.4 Å². The van der Waals surface area contributed by atoms with Crippen molar-refractivity contribution in [1.29, 1.82) is 0 Å². The second-order valence-corrected chi connectivity index (χ2v) is 9.23. The number of aryl methyl sites for hydroxylation is 2. The molecule has 1 saturated heterocycles. The number of benzene rings is 1. The molecule has 1 aliphatic rings. The molecule has 0 aliphatic carbocycles. The van der Waals surface area contributed by atoms with Crippen LogP contribution < -0.4 is 4.74 Å². The van der Waals surface area contributed by atoms with Crippen molar-refractivity contribution in [3.8, 4) is 22.9 Å². The van der Waals surface area contributed by atoms with Gasteiger partial charge in [-0.2, -0.15) is 18.3 Å². The first-order valence-corrected chi connectivity index (χ1v) is 12.4. The number of alkyl halides is 3. The van der Waals surface area contributed by atoms with Gasteiger partial charge in [-0.15, -0.1) is 0 Å². The van der Waals surface area contributed by atoms with Gasteiger partial charge in [-0.3, -0.25) is 9.08 Å². The second-order valence-electron chi connectivity index (χ2n) is 9.23. The minimum absolute atomic E-state index is 0.0338. The molecule has 3 aromatic heterocycles. The van der Waals surface area contributed by atoms with Crippen molar-refractivity contribution >= 4 is 17.6 Å². The van der Waals surface area contributed by atoms with Crippen LogP contribution in [0, 0.1) is 6.92 Å². The zero-order chi connectivity index (χ0) is 29.3. The number of rotatable bonds is 8. The van der Waals surface area contributed by atoms with Crippen molar-refractivity contribution < 1.29 is 46.8 Å². The monoisotopic (exact) mass is 575 g/mol. The summed E-state index contributed by atoms with van der Waals surface area (Å²) in [6.45, 7) is 1.37. The summed E-state index contributed by atoms with van der Waals surface area (Å²) >= 11 is 0. The number of esters is 2. The normalized spacial score (nSPS) is 17.1. The molecule has 0 amide bonds. The van der Waals surface area contributed by atoms with Crippen LogP contribution >= 0.6 is 0 Å². The molecule has 0 radical (unpaired) electrons. The van der Waals surface area contributed by atoms with Gasteiger partial charge < -0.3 is 24.1 Å². The third-order valence-corrected chi connectivity index (χ3v) is 6.20. The van der Waals surface area contributed by atoms with Crippen molar-refractivity contribution in [3.05, 3.63) is 59.8 Å². The molecule has 0 bridgehead atoms. The van der Waals surface area contributed by atoms with Crippen molar-refractivity contribution in [1.82, 2.24) is 24.1 Å². The minimum Gasteiger partial charge on any atom is -0.460 e. The van der Waals surface area contributed by atoms with E-state index in [9.17, 15) is 27.9 Å². The Hall–Kier alpha value is -4.50. The van der Waals surface area contributed by atoms with Gasteiger partial charge in [-0.25, -0.2) is 19.6 Å². The van der Waals surface area contributed by atoms with Crippen LogP contribution in [0.3, 0.4) is 0 Å². The Morgan fingerprint density at radius 1 is 1.20 bits per heavy atom. The number of halogens is 3. The zero-order valence-electron chi connectivity index (χ0n) is 21.8. The Morgan fingerprint density at radius 2 is 1.98 bits per heavy atom. The van der Waals surface area contributed by atoms with Gasteiger partial charge in [0.15, 0.2) is 11.8 Å². The summed E-state index contributed by atoms with van der Waals surface area (Å²) in [6.07, 6.45) is -0.687. The number of aromatic nitrogens is 5. The molecule has 0 saturated carbocycles. The highest BCUT2D eigenvalue weighted by Crippen LogP contribution is 2.37. The predicted octanol–water partition coefficient (Wildman–Crippen LogP) is 3.10. The number of ether oxygens (including phenoxy) is 4. The highest BCUT2D eigenvalue weighted by Gasteiger charge is 2.38. The van der Waals surface area contributed by atoms with Gasteiger partial charge in [-0.05, 0) is 30.7 Å². The van der Waals surface area contributed by atoms with Crippen molar-refractivity contribution in [2.45, 2.75) is 31.7 Å². The van der Waals surface area contributed by atoms with Gasteiger partial charge in [0.1, 0.15) is 19.0 Å². The molecule has 2 atom stereocenters. The van der Waals surface area contributed by atoms with Gasteiger partial charge in [0.05, 0.1) is 35.7 Å². The number of imidazole rings is 1. The van der Waals surface area contributed by atoms with Gasteiger partial charge in [-0.1, -0.05) is 0 Å². The zero-order valence-corrected chi connectivity index (χ0v) is 21.8. The van der Waals surface area contributed by atoms with E-state index >= 15 is 0 Å². The molecule has 0 spiro atoms. The molecule has 4 aromatic rings. The summed E-state index contributed by atoms with van der Waals surface area (Å²) in [7, 11) is 1.40. The first kappa shape index (κ1) is 28.0. The Morgan fingerprint density at radius 3 is 2.68 bits per heavy atom. The lowest BCUT2D eigenvalue weighted by Gasteiger charge is -2.12. The Labute approximate surface area is 230 Å². The predicted molar refractivity (Wildman–Crippen MR) is 133 cm³/mol. The molecule has 0 unspecified atom stereocenters. The Balaban J connectivity index is 1.25. The first-order valence-electron chi connectivity index (χ1n) is 12.4. The summed E-state index contributed by atoms with van der Waals surface area (Å²) < 4.78 is 64.3. The molecule has 216 valence electrons. The van der Waals surface area contributed by atoms with E-state index in [1.54, 1.807) is 13.0 Å². The van der Waals surface area contributed by atoms with Crippen LogP contribution in [0.1, 0.15) is 28.0 Å². The number of hydrogen-bond acceptors (Lipinski definition) is 10. The van der Waals surface area contributed by atoms with Gasteiger partial charge in [0.2, 0.25) is 5.65 Å². The summed E-state index contributed by atoms with van der Waals surface area (Å²) in [5.74, 6) is -0.946. The number of aliphatic hydroxyl groups is 1. The van der Waals surface area contributed by atoms with E-state index in [0.29, 0.717) is 11.3 Å². The first-order chi connectivity index (χ1) is 19.5. The van der Waals surface area contributed by atoms with Crippen LogP contribution in [0.2, 0.25) is 0 Å². The molecule has 4 heterocycles. The largest absolute Gasteiger partial charge is 0.460 e. The van der Waals surface area contributed by atoms with Crippen LogP contribution in [-0.4, -0.2) is 73.2 Å². The van der Waals surface area contributed by atoms with Crippen LogP contribution in [-0.2, 0) is 32.2 Å². The Bertz CT molecular complexity index is 1600. The maximum absolute atomic E-state index is 13.5. The Kier molecular flexibility index (Phi) is 7.64. The highest BCUT2D eigenvalue weighted by atomic mass is 19.4. The third kappa shape index (κ3) is 6.00. The van der Waals surface area contributed by atoms with E-state index in [0.717, 1.165) is 4.68 Å². The SMILES string of the molecule is Cc1cc(Oc2nccn3c(-c4cn(C)nc4C(F)(F)F)cnc23)ccc1C(=O)OCCOC(=O)[C@@H]1C[C@@H](O)CO1. The molecule has 41 heavy (non-hydrogen) atoms. The fourth-order valence-electron chi connectivity index (χ4n) is 4.31. The lowest BCUT2D eigenvalue weighted by molar-refractivity contribution is -0.155.